The van der Waals surface area contributed by atoms with Gasteiger partial charge in [0.25, 0.3) is 0 Å². The maximum atomic E-state index is 10.6. The van der Waals surface area contributed by atoms with E-state index in [0.717, 1.165) is 0 Å². The van der Waals surface area contributed by atoms with Crippen LogP contribution >= 0.6 is 0 Å². The molecule has 1 fully saturated rings. The zero-order chi connectivity index (χ0) is 15.5. The molecule has 0 spiro atoms. The van der Waals surface area contributed by atoms with Crippen molar-refractivity contribution < 1.29 is 42.7 Å². The summed E-state index contributed by atoms with van der Waals surface area (Å²) < 4.78 is 33.8. The van der Waals surface area contributed by atoms with Crippen molar-refractivity contribution in [3.8, 4) is 0 Å². The van der Waals surface area contributed by atoms with Gasteiger partial charge in [0, 0.05) is 0 Å². The zero-order valence-electron chi connectivity index (χ0n) is 10.4. The predicted molar refractivity (Wildman–Crippen MR) is 67.7 cm³/mol. The van der Waals surface area contributed by atoms with E-state index in [-0.39, 0.29) is 17.2 Å². The van der Waals surface area contributed by atoms with Crippen LogP contribution in [0.2, 0.25) is 15.5 Å². The monoisotopic (exact) mass is 383 g/mol. The fourth-order valence-electron chi connectivity index (χ4n) is 1.99. The molecule has 0 aromatic heterocycles. The number of rotatable bonds is 7. The summed E-state index contributed by atoms with van der Waals surface area (Å²) in [6, 6.07) is 0. The van der Waals surface area contributed by atoms with E-state index >= 15 is 0 Å². The van der Waals surface area contributed by atoms with Gasteiger partial charge in [-0.15, -0.1) is 0 Å². The summed E-state index contributed by atoms with van der Waals surface area (Å²) in [5.41, 5.74) is 0. The summed E-state index contributed by atoms with van der Waals surface area (Å²) in [5.74, 6) is 0. The van der Waals surface area contributed by atoms with Gasteiger partial charge >= 0.3 is 120 Å². The predicted octanol–water partition coefficient (Wildman–Crippen LogP) is -2.88. The van der Waals surface area contributed by atoms with Crippen LogP contribution in [-0.2, 0) is 14.6 Å². The summed E-state index contributed by atoms with van der Waals surface area (Å²) in [4.78, 5) is -0.537. The first-order valence-corrected chi connectivity index (χ1v) is 10.5. The van der Waals surface area contributed by atoms with Crippen molar-refractivity contribution in [1.82, 2.24) is 0 Å². The van der Waals surface area contributed by atoms with Gasteiger partial charge in [-0.1, -0.05) is 0 Å². The van der Waals surface area contributed by atoms with Gasteiger partial charge < -0.3 is 0 Å². The Labute approximate surface area is 120 Å². The van der Waals surface area contributed by atoms with Gasteiger partial charge in [-0.05, 0) is 0 Å². The Morgan fingerprint density at radius 3 is 2.35 bits per heavy atom. The van der Waals surface area contributed by atoms with E-state index in [4.69, 9.17) is 9.66 Å². The van der Waals surface area contributed by atoms with Gasteiger partial charge in [-0.25, -0.2) is 0 Å². The summed E-state index contributed by atoms with van der Waals surface area (Å²) in [5, 5.41) is 47.4. The second-order valence-electron chi connectivity index (χ2n) is 4.46. The van der Waals surface area contributed by atoms with E-state index in [9.17, 15) is 28.8 Å². The quantitative estimate of drug-likeness (QED) is 0.200. The van der Waals surface area contributed by atoms with Gasteiger partial charge in [0.15, 0.2) is 0 Å². The fourth-order valence-corrected chi connectivity index (χ4v) is 8.17. The first-order chi connectivity index (χ1) is 9.19. The number of aliphatic hydroxyl groups is 5. The van der Waals surface area contributed by atoms with E-state index in [2.05, 4.69) is 4.18 Å². The number of hydrogen-bond donors (Lipinski definition) is 6. The van der Waals surface area contributed by atoms with Crippen LogP contribution in [-0.4, -0.2) is 90.0 Å². The molecule has 1 unspecified atom stereocenters. The van der Waals surface area contributed by atoms with Gasteiger partial charge in [0.2, 0.25) is 0 Å². The van der Waals surface area contributed by atoms with Crippen LogP contribution < -0.4 is 0 Å². The molecule has 6 atom stereocenters. The Balaban J connectivity index is 2.66. The van der Waals surface area contributed by atoms with Crippen LogP contribution in [0.4, 0.5) is 0 Å². The molecule has 0 aromatic rings. The SMILES string of the molecule is O=S(=O)(O)O[C@@H](CO)[C@H](O)C[Se+]1C[C@@H](O)[C@H](O)[C@H]1CO. The topological polar surface area (TPSA) is 165 Å². The minimum atomic E-state index is -4.81. The van der Waals surface area contributed by atoms with Crippen molar-refractivity contribution in [1.29, 1.82) is 0 Å². The molecule has 0 bridgehead atoms. The molecule has 120 valence electrons. The first kappa shape index (κ1) is 18.2. The fraction of sp³-hybridized carbons (Fsp3) is 1.00. The van der Waals surface area contributed by atoms with Crippen LogP contribution in [0.3, 0.4) is 0 Å². The Morgan fingerprint density at radius 1 is 1.30 bits per heavy atom. The molecule has 9 nitrogen and oxygen atoms in total. The van der Waals surface area contributed by atoms with Gasteiger partial charge in [0.1, 0.15) is 0 Å². The molecule has 0 radical (unpaired) electrons. The van der Waals surface area contributed by atoms with Crippen molar-refractivity contribution in [3.05, 3.63) is 0 Å². The average Bonchev–Trinajstić information content (AvgIpc) is 2.60. The second kappa shape index (κ2) is 7.45. The molecule has 1 saturated heterocycles. The molecule has 1 aliphatic heterocycles. The first-order valence-electron chi connectivity index (χ1n) is 5.77. The molecule has 6 N–H and O–H groups in total. The average molecular weight is 382 g/mol. The number of hydrogen-bond acceptors (Lipinski definition) is 8. The van der Waals surface area contributed by atoms with Gasteiger partial charge in [0.05, 0.1) is 0 Å². The standard InChI is InChI=1S/C9H18O9SSe/c10-1-7(18-19(15,16)17)5(12)3-20-4-6(13)9(14)8(20)2-11/h5-14H,1-4H2/p+1/t5-,6-,7+,8-,9+,20?/m1/s1. The molecular formula is C9H19O9SSe+. The van der Waals surface area contributed by atoms with Crippen LogP contribution in [0.25, 0.3) is 0 Å². The Kier molecular flexibility index (Phi) is 6.80. The third-order valence-corrected chi connectivity index (χ3v) is 9.42. The van der Waals surface area contributed by atoms with E-state index < -0.39 is 60.1 Å². The second-order valence-corrected chi connectivity index (χ2v) is 10.4. The zero-order valence-corrected chi connectivity index (χ0v) is 13.0. The molecule has 1 aliphatic rings. The van der Waals surface area contributed by atoms with Crippen LogP contribution in [0.1, 0.15) is 0 Å². The third-order valence-electron chi connectivity index (χ3n) is 3.01. The molecule has 1 heterocycles. The molecular weight excluding hydrogens is 363 g/mol. The van der Waals surface area contributed by atoms with E-state index in [1.54, 1.807) is 0 Å². The van der Waals surface area contributed by atoms with Crippen molar-refractivity contribution >= 4 is 24.3 Å². The van der Waals surface area contributed by atoms with Crippen molar-refractivity contribution in [3.63, 3.8) is 0 Å². The van der Waals surface area contributed by atoms with Crippen LogP contribution in [0.5, 0.6) is 0 Å². The summed E-state index contributed by atoms with van der Waals surface area (Å²) in [7, 11) is -4.81. The van der Waals surface area contributed by atoms with Crippen LogP contribution in [0, 0.1) is 0 Å². The molecule has 0 aliphatic carbocycles. The summed E-state index contributed by atoms with van der Waals surface area (Å²) in [6.07, 6.45) is -4.98. The molecule has 0 aromatic carbocycles. The molecule has 0 amide bonds. The Hall–Kier alpha value is 0.189. The van der Waals surface area contributed by atoms with E-state index in [1.165, 1.54) is 0 Å². The number of aliphatic hydroxyl groups excluding tert-OH is 5. The summed E-state index contributed by atoms with van der Waals surface area (Å²) >= 11 is -1.82. The van der Waals surface area contributed by atoms with E-state index in [1.807, 2.05) is 0 Å². The molecule has 1 rings (SSSR count). The van der Waals surface area contributed by atoms with Gasteiger partial charge in [-0.3, -0.25) is 0 Å². The third kappa shape index (κ3) is 4.88. The van der Waals surface area contributed by atoms with Crippen LogP contribution in [0.15, 0.2) is 0 Å². The molecule has 20 heavy (non-hydrogen) atoms. The van der Waals surface area contributed by atoms with E-state index in [0.29, 0.717) is 0 Å². The van der Waals surface area contributed by atoms with Crippen molar-refractivity contribution in [2.75, 3.05) is 13.2 Å². The van der Waals surface area contributed by atoms with Gasteiger partial charge in [-0.2, -0.15) is 0 Å². The Bertz CT molecular complexity index is 402. The summed E-state index contributed by atoms with van der Waals surface area (Å²) in [6.45, 7) is -1.17. The minimum absolute atomic E-state index is 0.0140. The maximum absolute atomic E-state index is 10.6. The normalized spacial score (nSPS) is 34.1. The molecule has 11 heteroatoms. The van der Waals surface area contributed by atoms with Crippen molar-refractivity contribution in [2.24, 2.45) is 0 Å². The van der Waals surface area contributed by atoms with Crippen molar-refractivity contribution in [2.45, 2.75) is 39.9 Å². The molecule has 0 saturated carbocycles. The Morgan fingerprint density at radius 2 is 1.90 bits per heavy atom.